The first kappa shape index (κ1) is 16.8. The van der Waals surface area contributed by atoms with Gasteiger partial charge in [-0.25, -0.2) is 0 Å². The van der Waals surface area contributed by atoms with Gasteiger partial charge in [0.05, 0.1) is 0 Å². The van der Waals surface area contributed by atoms with E-state index in [4.69, 9.17) is 4.74 Å². The number of para-hydroxylation sites is 1. The van der Waals surface area contributed by atoms with Gasteiger partial charge in [-0.3, -0.25) is 9.59 Å². The number of hydrogen-bond acceptors (Lipinski definition) is 3. The first-order valence-electron chi connectivity index (χ1n) is 8.22. The maximum atomic E-state index is 12.5. The first-order chi connectivity index (χ1) is 12.2. The van der Waals surface area contributed by atoms with Crippen LogP contribution in [0.4, 0.5) is 5.69 Å². The molecule has 0 bridgehead atoms. The van der Waals surface area contributed by atoms with E-state index in [2.05, 4.69) is 11.9 Å². The quantitative estimate of drug-likeness (QED) is 0.651. The van der Waals surface area contributed by atoms with Crippen LogP contribution in [0.3, 0.4) is 0 Å². The predicted molar refractivity (Wildman–Crippen MR) is 96.6 cm³/mol. The molecule has 0 saturated carbocycles. The lowest BCUT2D eigenvalue weighted by atomic mass is 10.1. The highest BCUT2D eigenvalue weighted by Crippen LogP contribution is 2.28. The third kappa shape index (κ3) is 3.88. The number of carbonyl (C=O) groups excluding carboxylic acids is 2. The second kappa shape index (κ2) is 7.66. The Labute approximate surface area is 146 Å². The monoisotopic (exact) mass is 336 g/mol. The summed E-state index contributed by atoms with van der Waals surface area (Å²) < 4.78 is 5.75. The summed E-state index contributed by atoms with van der Waals surface area (Å²) >= 11 is 0. The van der Waals surface area contributed by atoms with E-state index in [1.165, 1.54) is 0 Å². The minimum atomic E-state index is -0.625. The number of anilines is 1. The minimum absolute atomic E-state index is 0.168. The van der Waals surface area contributed by atoms with Crippen LogP contribution < -0.4 is 15.0 Å². The van der Waals surface area contributed by atoms with Crippen molar-refractivity contribution in [3.8, 4) is 11.5 Å². The molecule has 2 amide bonds. The van der Waals surface area contributed by atoms with Gasteiger partial charge in [-0.05, 0) is 42.8 Å². The fourth-order valence-corrected chi connectivity index (χ4v) is 2.79. The third-order valence-electron chi connectivity index (χ3n) is 4.07. The average Bonchev–Trinajstić information content (AvgIpc) is 3.03. The molecule has 0 spiro atoms. The SMILES string of the molecule is C=CCNC(=O)[C@@H]1CCN(c2ccc(Oc3ccccc3)cc2)C1=O. The number of carbonyl (C=O) groups is 2. The Morgan fingerprint density at radius 3 is 2.52 bits per heavy atom. The van der Waals surface area contributed by atoms with E-state index in [0.29, 0.717) is 25.3 Å². The van der Waals surface area contributed by atoms with Gasteiger partial charge in [0.1, 0.15) is 17.4 Å². The molecular weight excluding hydrogens is 316 g/mol. The van der Waals surface area contributed by atoms with Gasteiger partial charge in [-0.15, -0.1) is 6.58 Å². The number of hydrogen-bond donors (Lipinski definition) is 1. The normalized spacial score (nSPS) is 16.6. The molecule has 1 aliphatic rings. The molecule has 1 N–H and O–H groups in total. The van der Waals surface area contributed by atoms with Crippen molar-refractivity contribution < 1.29 is 14.3 Å². The van der Waals surface area contributed by atoms with Crippen LogP contribution in [0.25, 0.3) is 0 Å². The van der Waals surface area contributed by atoms with Crippen LogP contribution >= 0.6 is 0 Å². The van der Waals surface area contributed by atoms with Gasteiger partial charge in [-0.2, -0.15) is 0 Å². The van der Waals surface area contributed by atoms with Crippen LogP contribution in [-0.2, 0) is 9.59 Å². The molecule has 0 unspecified atom stereocenters. The van der Waals surface area contributed by atoms with Crippen LogP contribution in [0.5, 0.6) is 11.5 Å². The fraction of sp³-hybridized carbons (Fsp3) is 0.200. The van der Waals surface area contributed by atoms with Crippen molar-refractivity contribution in [2.24, 2.45) is 5.92 Å². The molecule has 3 rings (SSSR count). The summed E-state index contributed by atoms with van der Waals surface area (Å²) in [6.45, 7) is 4.46. The highest BCUT2D eigenvalue weighted by Gasteiger charge is 2.37. The second-order valence-electron chi connectivity index (χ2n) is 5.77. The van der Waals surface area contributed by atoms with E-state index in [1.54, 1.807) is 11.0 Å². The Hall–Kier alpha value is -3.08. The van der Waals surface area contributed by atoms with Gasteiger partial charge in [0.25, 0.3) is 0 Å². The smallest absolute Gasteiger partial charge is 0.239 e. The summed E-state index contributed by atoms with van der Waals surface area (Å²) in [4.78, 5) is 26.2. The minimum Gasteiger partial charge on any atom is -0.457 e. The largest absolute Gasteiger partial charge is 0.457 e. The molecule has 1 heterocycles. The van der Waals surface area contributed by atoms with Gasteiger partial charge < -0.3 is 15.0 Å². The van der Waals surface area contributed by atoms with Crippen molar-refractivity contribution in [1.82, 2.24) is 5.32 Å². The lowest BCUT2D eigenvalue weighted by Gasteiger charge is -2.17. The molecule has 1 aliphatic heterocycles. The average molecular weight is 336 g/mol. The molecule has 1 saturated heterocycles. The third-order valence-corrected chi connectivity index (χ3v) is 4.07. The molecule has 2 aromatic carbocycles. The number of nitrogens with zero attached hydrogens (tertiary/aromatic N) is 1. The maximum absolute atomic E-state index is 12.5. The first-order valence-corrected chi connectivity index (χ1v) is 8.22. The standard InChI is InChI=1S/C20H20N2O3/c1-2-13-21-19(23)18-12-14-22(20(18)24)15-8-10-17(11-9-15)25-16-6-4-3-5-7-16/h2-11,18H,1,12-14H2,(H,21,23)/t18-/m0/s1. The van der Waals surface area contributed by atoms with Crippen molar-refractivity contribution in [2.45, 2.75) is 6.42 Å². The summed E-state index contributed by atoms with van der Waals surface area (Å²) in [7, 11) is 0. The number of rotatable bonds is 6. The van der Waals surface area contributed by atoms with Gasteiger partial charge in [0, 0.05) is 18.8 Å². The Morgan fingerprint density at radius 2 is 1.84 bits per heavy atom. The van der Waals surface area contributed by atoms with Gasteiger partial charge in [0.2, 0.25) is 11.8 Å². The van der Waals surface area contributed by atoms with E-state index < -0.39 is 5.92 Å². The summed E-state index contributed by atoms with van der Waals surface area (Å²) in [5.74, 6) is 0.420. The Morgan fingerprint density at radius 1 is 1.16 bits per heavy atom. The van der Waals surface area contributed by atoms with Gasteiger partial charge >= 0.3 is 0 Å². The molecule has 2 aromatic rings. The summed E-state index contributed by atoms with van der Waals surface area (Å²) in [6, 6.07) is 16.8. The van der Waals surface area contributed by atoms with E-state index in [-0.39, 0.29) is 11.8 Å². The van der Waals surface area contributed by atoms with Crippen molar-refractivity contribution in [3.63, 3.8) is 0 Å². The Kier molecular flexibility index (Phi) is 5.14. The van der Waals surface area contributed by atoms with Crippen LogP contribution in [-0.4, -0.2) is 24.9 Å². The Bertz CT molecular complexity index is 756. The summed E-state index contributed by atoms with van der Waals surface area (Å²) in [6.07, 6.45) is 2.12. The zero-order valence-corrected chi connectivity index (χ0v) is 13.9. The molecule has 5 heteroatoms. The lowest BCUT2D eigenvalue weighted by Crippen LogP contribution is -2.36. The molecule has 1 fully saturated rings. The topological polar surface area (TPSA) is 58.6 Å². The molecule has 25 heavy (non-hydrogen) atoms. The van der Waals surface area contributed by atoms with Gasteiger partial charge in [-0.1, -0.05) is 24.3 Å². The number of ether oxygens (including phenoxy) is 1. The molecule has 0 radical (unpaired) electrons. The van der Waals surface area contributed by atoms with Crippen molar-refractivity contribution in [1.29, 1.82) is 0 Å². The van der Waals surface area contributed by atoms with Crippen LogP contribution in [0.2, 0.25) is 0 Å². The highest BCUT2D eigenvalue weighted by molar-refractivity contribution is 6.09. The number of nitrogens with one attached hydrogen (secondary N) is 1. The van der Waals surface area contributed by atoms with E-state index in [0.717, 1.165) is 11.4 Å². The molecule has 128 valence electrons. The number of amides is 2. The zero-order valence-electron chi connectivity index (χ0n) is 13.9. The molecule has 5 nitrogen and oxygen atoms in total. The van der Waals surface area contributed by atoms with Crippen molar-refractivity contribution >= 4 is 17.5 Å². The van der Waals surface area contributed by atoms with Crippen molar-refractivity contribution in [3.05, 3.63) is 67.3 Å². The van der Waals surface area contributed by atoms with E-state index in [9.17, 15) is 9.59 Å². The van der Waals surface area contributed by atoms with Crippen LogP contribution in [0, 0.1) is 5.92 Å². The molecular formula is C20H20N2O3. The van der Waals surface area contributed by atoms with Gasteiger partial charge in [0.15, 0.2) is 0 Å². The van der Waals surface area contributed by atoms with Crippen molar-refractivity contribution in [2.75, 3.05) is 18.0 Å². The highest BCUT2D eigenvalue weighted by atomic mass is 16.5. The Balaban J connectivity index is 1.65. The van der Waals surface area contributed by atoms with E-state index >= 15 is 0 Å². The van der Waals surface area contributed by atoms with Crippen LogP contribution in [0.1, 0.15) is 6.42 Å². The van der Waals surface area contributed by atoms with E-state index in [1.807, 2.05) is 54.6 Å². The number of benzene rings is 2. The predicted octanol–water partition coefficient (Wildman–Crippen LogP) is 3.13. The molecule has 0 aliphatic carbocycles. The second-order valence-corrected chi connectivity index (χ2v) is 5.77. The zero-order chi connectivity index (χ0) is 17.6. The molecule has 0 aromatic heterocycles. The van der Waals surface area contributed by atoms with Crippen LogP contribution in [0.15, 0.2) is 67.3 Å². The molecule has 1 atom stereocenters. The fourth-order valence-electron chi connectivity index (χ4n) is 2.79. The summed E-state index contributed by atoms with van der Waals surface area (Å²) in [5, 5.41) is 2.69. The summed E-state index contributed by atoms with van der Waals surface area (Å²) in [5.41, 5.74) is 0.768. The lowest BCUT2D eigenvalue weighted by molar-refractivity contribution is -0.131. The maximum Gasteiger partial charge on any atom is 0.239 e.